The molecular weight excluding hydrogens is 655 g/mol. The number of halogens is 1. The van der Waals surface area contributed by atoms with Crippen molar-refractivity contribution in [3.63, 3.8) is 0 Å². The Bertz CT molecular complexity index is 1370. The van der Waals surface area contributed by atoms with Crippen molar-refractivity contribution in [2.75, 3.05) is 32.2 Å². The lowest BCUT2D eigenvalue weighted by Gasteiger charge is -2.14. The molecule has 2 aliphatic rings. The number of carbonyl (C=O) groups excluding carboxylic acids is 4. The summed E-state index contributed by atoms with van der Waals surface area (Å²) < 4.78 is 17.1. The summed E-state index contributed by atoms with van der Waals surface area (Å²) in [5.41, 5.74) is 1.93. The molecule has 4 rings (SSSR count). The number of imide groups is 1. The molecule has 2 aromatic rings. The number of nitrogens with one attached hydrogen (secondary N) is 1. The summed E-state index contributed by atoms with van der Waals surface area (Å²) in [4.78, 5) is 53.5. The number of amides is 3. The number of ether oxygens (including phenoxy) is 3. The summed E-state index contributed by atoms with van der Waals surface area (Å²) in [6.07, 6.45) is 6.76. The molecule has 9 nitrogen and oxygen atoms in total. The molecule has 1 aliphatic heterocycles. The van der Waals surface area contributed by atoms with Gasteiger partial charge in [0.05, 0.1) is 27.8 Å². The van der Waals surface area contributed by atoms with Crippen LogP contribution in [0.3, 0.4) is 0 Å². The van der Waals surface area contributed by atoms with E-state index in [2.05, 4.69) is 34.5 Å². The van der Waals surface area contributed by atoms with E-state index in [1.165, 1.54) is 18.4 Å². The van der Waals surface area contributed by atoms with Crippen molar-refractivity contribution in [3.8, 4) is 11.5 Å². The summed E-state index contributed by atoms with van der Waals surface area (Å²) in [7, 11) is 1.51. The zero-order chi connectivity index (χ0) is 28.1. The van der Waals surface area contributed by atoms with Gasteiger partial charge in [0.25, 0.3) is 11.1 Å². The van der Waals surface area contributed by atoms with Crippen LogP contribution in [0.25, 0.3) is 6.08 Å². The van der Waals surface area contributed by atoms with Crippen molar-refractivity contribution in [1.29, 1.82) is 0 Å². The van der Waals surface area contributed by atoms with Crippen molar-refractivity contribution in [2.24, 2.45) is 0 Å². The maximum Gasteiger partial charge on any atom is 0.341 e. The Kier molecular flexibility index (Phi) is 9.72. The van der Waals surface area contributed by atoms with Crippen LogP contribution in [-0.4, -0.2) is 54.8 Å². The van der Waals surface area contributed by atoms with E-state index < -0.39 is 29.6 Å². The van der Waals surface area contributed by atoms with Gasteiger partial charge in [0.15, 0.2) is 11.5 Å². The number of esters is 1. The molecule has 0 atom stereocenters. The molecule has 0 spiro atoms. The van der Waals surface area contributed by atoms with Gasteiger partial charge in [0.1, 0.15) is 18.2 Å². The van der Waals surface area contributed by atoms with Crippen molar-refractivity contribution >= 4 is 79.8 Å². The fourth-order valence-electron chi connectivity index (χ4n) is 4.28. The first kappa shape index (κ1) is 29.2. The standard InChI is InChI=1S/C27H27IN2O7S2/c1-4-10-37-23-17(28)11-15(12-18(23)35-3)13-20-25(32)30(27(34)39-20)14-21(31)29-24-22(26(33)36-5-2)16-8-6-7-9-19(16)38-24/h4,11-13H,1,5-10,14H2,2-3H3,(H,29,31)/b20-13-. The van der Waals surface area contributed by atoms with Gasteiger partial charge in [-0.05, 0) is 96.3 Å². The van der Waals surface area contributed by atoms with Crippen molar-refractivity contribution in [3.05, 3.63) is 54.8 Å². The minimum atomic E-state index is -0.572. The van der Waals surface area contributed by atoms with Gasteiger partial charge in [0.2, 0.25) is 5.91 Å². The third-order valence-electron chi connectivity index (χ3n) is 5.97. The van der Waals surface area contributed by atoms with Crippen LogP contribution in [0.15, 0.2) is 29.7 Å². The van der Waals surface area contributed by atoms with Crippen molar-refractivity contribution in [1.82, 2.24) is 4.90 Å². The predicted molar refractivity (Wildman–Crippen MR) is 160 cm³/mol. The largest absolute Gasteiger partial charge is 0.493 e. The second kappa shape index (κ2) is 13.0. The van der Waals surface area contributed by atoms with Crippen LogP contribution in [0.1, 0.15) is 46.1 Å². The van der Waals surface area contributed by atoms with E-state index in [1.807, 2.05) is 0 Å². The van der Waals surface area contributed by atoms with Crippen LogP contribution in [0.5, 0.6) is 11.5 Å². The van der Waals surface area contributed by atoms with Crippen LogP contribution in [0.4, 0.5) is 9.80 Å². The quantitative estimate of drug-likeness (QED) is 0.148. The Hall–Kier alpha value is -2.84. The molecule has 1 fully saturated rings. The number of aryl methyl sites for hydroxylation is 1. The number of hydrogen-bond acceptors (Lipinski definition) is 9. The normalized spacial score (nSPS) is 15.8. The van der Waals surface area contributed by atoms with Crippen LogP contribution >= 0.6 is 45.7 Å². The number of hydrogen-bond donors (Lipinski definition) is 1. The Morgan fingerprint density at radius 1 is 1.23 bits per heavy atom. The molecule has 39 heavy (non-hydrogen) atoms. The summed E-state index contributed by atoms with van der Waals surface area (Å²) in [5, 5.41) is 2.60. The van der Waals surface area contributed by atoms with Gasteiger partial charge in [-0.2, -0.15) is 0 Å². The third kappa shape index (κ3) is 6.49. The van der Waals surface area contributed by atoms with Gasteiger partial charge < -0.3 is 19.5 Å². The molecule has 1 saturated heterocycles. The molecule has 0 unspecified atom stereocenters. The lowest BCUT2D eigenvalue weighted by molar-refractivity contribution is -0.127. The Morgan fingerprint density at radius 3 is 2.72 bits per heavy atom. The SMILES string of the molecule is C=CCOc1c(I)cc(/C=C2\SC(=O)N(CC(=O)Nc3sc4c(c3C(=O)OCC)CCCC4)C2=O)cc1OC. The van der Waals surface area contributed by atoms with Gasteiger partial charge in [-0.15, -0.1) is 11.3 Å². The van der Waals surface area contributed by atoms with Gasteiger partial charge in [-0.25, -0.2) is 4.79 Å². The Labute approximate surface area is 248 Å². The molecule has 0 saturated carbocycles. The lowest BCUT2D eigenvalue weighted by atomic mass is 9.95. The number of anilines is 1. The van der Waals surface area contributed by atoms with Gasteiger partial charge in [-0.3, -0.25) is 19.3 Å². The van der Waals surface area contributed by atoms with Gasteiger partial charge in [0, 0.05) is 4.88 Å². The molecule has 0 bridgehead atoms. The molecule has 1 N–H and O–H groups in total. The van der Waals surface area contributed by atoms with E-state index >= 15 is 0 Å². The first-order chi connectivity index (χ1) is 18.8. The van der Waals surface area contributed by atoms with E-state index in [-0.39, 0.29) is 11.5 Å². The van der Waals surface area contributed by atoms with E-state index in [9.17, 15) is 19.2 Å². The minimum Gasteiger partial charge on any atom is -0.493 e. The highest BCUT2D eigenvalue weighted by Gasteiger charge is 2.37. The molecule has 1 aromatic heterocycles. The predicted octanol–water partition coefficient (Wildman–Crippen LogP) is 5.66. The smallest absolute Gasteiger partial charge is 0.341 e. The number of thiophene rings is 1. The zero-order valence-corrected chi connectivity index (χ0v) is 25.3. The molecular formula is C27H27IN2O7S2. The Morgan fingerprint density at radius 2 is 2.00 bits per heavy atom. The topological polar surface area (TPSA) is 111 Å². The van der Waals surface area contributed by atoms with Crippen molar-refractivity contribution in [2.45, 2.75) is 32.6 Å². The molecule has 3 amide bonds. The minimum absolute atomic E-state index is 0.184. The number of rotatable bonds is 10. The molecule has 206 valence electrons. The number of nitrogens with zero attached hydrogens (tertiary/aromatic N) is 1. The van der Waals surface area contributed by atoms with E-state index in [4.69, 9.17) is 14.2 Å². The lowest BCUT2D eigenvalue weighted by Crippen LogP contribution is -2.36. The fourth-order valence-corrected chi connectivity index (χ4v) is 7.19. The summed E-state index contributed by atoms with van der Waals surface area (Å²) in [6.45, 7) is 5.43. The highest BCUT2D eigenvalue weighted by molar-refractivity contribution is 14.1. The van der Waals surface area contributed by atoms with E-state index in [1.54, 1.807) is 31.2 Å². The first-order valence-electron chi connectivity index (χ1n) is 12.2. The van der Waals surface area contributed by atoms with Gasteiger partial charge in [-0.1, -0.05) is 12.7 Å². The summed E-state index contributed by atoms with van der Waals surface area (Å²) in [6, 6.07) is 3.51. The fraction of sp³-hybridized carbons (Fsp3) is 0.333. The molecule has 0 radical (unpaired) electrons. The molecule has 1 aliphatic carbocycles. The molecule has 12 heteroatoms. The second-order valence-electron chi connectivity index (χ2n) is 8.59. The molecule has 2 heterocycles. The highest BCUT2D eigenvalue weighted by Crippen LogP contribution is 2.40. The van der Waals surface area contributed by atoms with Crippen LogP contribution in [0.2, 0.25) is 0 Å². The number of carbonyl (C=O) groups is 4. The number of fused-ring (bicyclic) bond motifs is 1. The number of benzene rings is 1. The van der Waals surface area contributed by atoms with E-state index in [0.717, 1.165) is 56.4 Å². The number of thioether (sulfide) groups is 1. The number of methoxy groups -OCH3 is 1. The maximum atomic E-state index is 13.1. The Balaban J connectivity index is 1.51. The summed E-state index contributed by atoms with van der Waals surface area (Å²) in [5.74, 6) is -0.589. The third-order valence-corrected chi connectivity index (χ3v) is 8.89. The van der Waals surface area contributed by atoms with Gasteiger partial charge >= 0.3 is 5.97 Å². The van der Waals surface area contributed by atoms with Crippen LogP contribution in [0, 0.1) is 3.57 Å². The highest BCUT2D eigenvalue weighted by atomic mass is 127. The van der Waals surface area contributed by atoms with E-state index in [0.29, 0.717) is 34.2 Å². The van der Waals surface area contributed by atoms with Crippen LogP contribution < -0.4 is 14.8 Å². The first-order valence-corrected chi connectivity index (χ1v) is 15.0. The maximum absolute atomic E-state index is 13.1. The zero-order valence-electron chi connectivity index (χ0n) is 21.5. The average Bonchev–Trinajstić information content (AvgIpc) is 3.39. The molecule has 1 aromatic carbocycles. The van der Waals surface area contributed by atoms with Crippen molar-refractivity contribution < 1.29 is 33.4 Å². The average molecular weight is 683 g/mol. The summed E-state index contributed by atoms with van der Waals surface area (Å²) >= 11 is 4.21. The monoisotopic (exact) mass is 682 g/mol. The second-order valence-corrected chi connectivity index (χ2v) is 11.8. The van der Waals surface area contributed by atoms with Crippen LogP contribution in [-0.2, 0) is 27.2 Å².